The summed E-state index contributed by atoms with van der Waals surface area (Å²) >= 11 is -1.59. The van der Waals surface area contributed by atoms with Crippen molar-refractivity contribution in [3.05, 3.63) is 35.4 Å². The van der Waals surface area contributed by atoms with E-state index in [1.165, 1.54) is 0 Å². The van der Waals surface area contributed by atoms with Crippen LogP contribution < -0.4 is 5.32 Å². The summed E-state index contributed by atoms with van der Waals surface area (Å²) < 4.78 is 21.8. The molecule has 2 aliphatic rings. The van der Waals surface area contributed by atoms with Crippen molar-refractivity contribution in [1.82, 2.24) is 5.32 Å². The SMILES string of the molecule is Cc1ccccc1C(=O)NCC1(C)CCC2(CC1)COS(=O)O2. The van der Waals surface area contributed by atoms with Crippen molar-refractivity contribution in [2.75, 3.05) is 13.2 Å². The molecule has 1 heterocycles. The van der Waals surface area contributed by atoms with Crippen LogP contribution in [0.2, 0.25) is 0 Å². The van der Waals surface area contributed by atoms with Crippen LogP contribution >= 0.6 is 0 Å². The van der Waals surface area contributed by atoms with E-state index in [4.69, 9.17) is 8.37 Å². The third-order valence-electron chi connectivity index (χ3n) is 5.10. The standard InChI is InChI=1S/C17H23NO4S/c1-13-5-3-4-6-14(13)15(19)18-11-16(2)7-9-17(10-8-16)12-21-23(20)22-17/h3-6H,7-12H2,1-2H3,(H,18,19). The highest BCUT2D eigenvalue weighted by atomic mass is 32.2. The van der Waals surface area contributed by atoms with Gasteiger partial charge in [-0.1, -0.05) is 25.1 Å². The lowest BCUT2D eigenvalue weighted by Crippen LogP contribution is -2.44. The van der Waals surface area contributed by atoms with Crippen LogP contribution in [0, 0.1) is 12.3 Å². The van der Waals surface area contributed by atoms with Crippen LogP contribution in [0.1, 0.15) is 48.5 Å². The minimum Gasteiger partial charge on any atom is -0.351 e. The lowest BCUT2D eigenvalue weighted by molar-refractivity contribution is 0.0112. The van der Waals surface area contributed by atoms with Crippen molar-refractivity contribution < 1.29 is 17.4 Å². The van der Waals surface area contributed by atoms with Gasteiger partial charge >= 0.3 is 11.4 Å². The van der Waals surface area contributed by atoms with E-state index in [9.17, 15) is 9.00 Å². The van der Waals surface area contributed by atoms with Crippen LogP contribution in [0.4, 0.5) is 0 Å². The van der Waals surface area contributed by atoms with E-state index in [2.05, 4.69) is 12.2 Å². The molecule has 1 aromatic carbocycles. The van der Waals surface area contributed by atoms with E-state index in [-0.39, 0.29) is 16.9 Å². The van der Waals surface area contributed by atoms with Crippen molar-refractivity contribution >= 4 is 17.3 Å². The van der Waals surface area contributed by atoms with Crippen LogP contribution in [0.3, 0.4) is 0 Å². The summed E-state index contributed by atoms with van der Waals surface area (Å²) in [5.41, 5.74) is 1.37. The molecule has 1 spiro atoms. The normalized spacial score (nSPS) is 33.7. The maximum absolute atomic E-state index is 12.3. The lowest BCUT2D eigenvalue weighted by Gasteiger charge is -2.40. The van der Waals surface area contributed by atoms with E-state index in [0.717, 1.165) is 36.8 Å². The fourth-order valence-electron chi connectivity index (χ4n) is 3.28. The van der Waals surface area contributed by atoms with E-state index in [1.807, 2.05) is 31.2 Å². The highest BCUT2D eigenvalue weighted by Gasteiger charge is 2.46. The van der Waals surface area contributed by atoms with Crippen LogP contribution in [-0.2, 0) is 19.7 Å². The Morgan fingerprint density at radius 1 is 1.26 bits per heavy atom. The van der Waals surface area contributed by atoms with Crippen LogP contribution in [0.15, 0.2) is 24.3 Å². The van der Waals surface area contributed by atoms with Gasteiger partial charge in [0.05, 0.1) is 6.61 Å². The van der Waals surface area contributed by atoms with Gasteiger partial charge in [0.1, 0.15) is 5.60 Å². The second-order valence-corrected chi connectivity index (χ2v) is 7.85. The predicted molar refractivity (Wildman–Crippen MR) is 88.0 cm³/mol. The number of aryl methyl sites for hydroxylation is 1. The Morgan fingerprint density at radius 2 is 1.96 bits per heavy atom. The molecule has 1 aliphatic heterocycles. The molecule has 6 heteroatoms. The Labute approximate surface area is 139 Å². The largest absolute Gasteiger partial charge is 0.351 e. The fraction of sp³-hybridized carbons (Fsp3) is 0.588. The number of amides is 1. The summed E-state index contributed by atoms with van der Waals surface area (Å²) in [5, 5.41) is 3.07. The van der Waals surface area contributed by atoms with Crippen LogP contribution in [0.5, 0.6) is 0 Å². The first-order chi connectivity index (χ1) is 10.9. The number of carbonyl (C=O) groups is 1. The Bertz CT molecular complexity index is 623. The van der Waals surface area contributed by atoms with Gasteiger partial charge in [-0.2, -0.15) is 4.21 Å². The van der Waals surface area contributed by atoms with E-state index in [1.54, 1.807) is 0 Å². The Hall–Kier alpha value is -1.24. The number of rotatable bonds is 3. The van der Waals surface area contributed by atoms with Crippen LogP contribution in [-0.4, -0.2) is 28.9 Å². The van der Waals surface area contributed by atoms with Gasteiger partial charge in [-0.15, -0.1) is 0 Å². The summed E-state index contributed by atoms with van der Waals surface area (Å²) in [5.74, 6) is -0.0221. The highest BCUT2D eigenvalue weighted by molar-refractivity contribution is 7.75. The molecule has 23 heavy (non-hydrogen) atoms. The molecule has 1 aromatic rings. The van der Waals surface area contributed by atoms with E-state index < -0.39 is 11.4 Å². The second kappa shape index (κ2) is 6.34. The van der Waals surface area contributed by atoms with Crippen molar-refractivity contribution in [2.45, 2.75) is 45.1 Å². The predicted octanol–water partition coefficient (Wildman–Crippen LogP) is 2.67. The smallest absolute Gasteiger partial charge is 0.305 e. The fourth-order valence-corrected chi connectivity index (χ4v) is 4.14. The number of benzene rings is 1. The minimum atomic E-state index is -1.59. The van der Waals surface area contributed by atoms with Gasteiger partial charge in [0.2, 0.25) is 0 Å². The second-order valence-electron chi connectivity index (χ2n) is 7.04. The monoisotopic (exact) mass is 337 g/mol. The zero-order chi connectivity index (χ0) is 16.5. The molecule has 0 radical (unpaired) electrons. The van der Waals surface area contributed by atoms with E-state index >= 15 is 0 Å². The maximum Gasteiger partial charge on any atom is 0.305 e. The molecule has 1 saturated heterocycles. The van der Waals surface area contributed by atoms with Crippen LogP contribution in [0.25, 0.3) is 0 Å². The first-order valence-corrected chi connectivity index (χ1v) is 9.00. The lowest BCUT2D eigenvalue weighted by atomic mass is 9.70. The minimum absolute atomic E-state index is 0.0221. The summed E-state index contributed by atoms with van der Waals surface area (Å²) in [6.45, 7) is 5.18. The molecular formula is C17H23NO4S. The molecule has 5 nitrogen and oxygen atoms in total. The van der Waals surface area contributed by atoms with Crippen molar-refractivity contribution in [3.63, 3.8) is 0 Å². The molecule has 1 amide bonds. The molecule has 1 aliphatic carbocycles. The molecule has 0 bridgehead atoms. The van der Waals surface area contributed by atoms with Gasteiger partial charge in [-0.25, -0.2) is 0 Å². The van der Waals surface area contributed by atoms with Crippen molar-refractivity contribution in [3.8, 4) is 0 Å². The topological polar surface area (TPSA) is 64.6 Å². The third-order valence-corrected chi connectivity index (χ3v) is 5.90. The Morgan fingerprint density at radius 3 is 2.57 bits per heavy atom. The summed E-state index contributed by atoms with van der Waals surface area (Å²) in [6.07, 6.45) is 3.47. The first-order valence-electron chi connectivity index (χ1n) is 8.00. The van der Waals surface area contributed by atoms with Gasteiger partial charge in [0.25, 0.3) is 5.91 Å². The molecule has 3 rings (SSSR count). The van der Waals surface area contributed by atoms with Gasteiger partial charge in [-0.3, -0.25) is 13.2 Å². The highest BCUT2D eigenvalue weighted by Crippen LogP contribution is 2.44. The maximum atomic E-state index is 12.3. The van der Waals surface area contributed by atoms with E-state index in [0.29, 0.717) is 13.2 Å². The number of hydrogen-bond donors (Lipinski definition) is 1. The number of hydrogen-bond acceptors (Lipinski definition) is 4. The molecule has 2 fully saturated rings. The summed E-state index contributed by atoms with van der Waals surface area (Å²) in [4.78, 5) is 12.3. The van der Waals surface area contributed by atoms with Crippen molar-refractivity contribution in [2.24, 2.45) is 5.41 Å². The molecular weight excluding hydrogens is 314 g/mol. The van der Waals surface area contributed by atoms with Gasteiger partial charge in [0.15, 0.2) is 0 Å². The number of carbonyl (C=O) groups excluding carboxylic acids is 1. The quantitative estimate of drug-likeness (QED) is 0.921. The first kappa shape index (κ1) is 16.6. The molecule has 1 N–H and O–H groups in total. The molecule has 126 valence electrons. The molecule has 0 aromatic heterocycles. The Kier molecular flexibility index (Phi) is 4.58. The number of nitrogens with one attached hydrogen (secondary N) is 1. The zero-order valence-corrected chi connectivity index (χ0v) is 14.4. The van der Waals surface area contributed by atoms with Gasteiger partial charge < -0.3 is 5.32 Å². The zero-order valence-electron chi connectivity index (χ0n) is 13.6. The average molecular weight is 337 g/mol. The summed E-state index contributed by atoms with van der Waals surface area (Å²) in [6, 6.07) is 7.60. The van der Waals surface area contributed by atoms with Gasteiger partial charge in [0, 0.05) is 12.1 Å². The summed E-state index contributed by atoms with van der Waals surface area (Å²) in [7, 11) is 0. The molecule has 1 atom stereocenters. The molecule has 1 unspecified atom stereocenters. The van der Waals surface area contributed by atoms with Crippen molar-refractivity contribution in [1.29, 1.82) is 0 Å². The third kappa shape index (κ3) is 3.65. The van der Waals surface area contributed by atoms with Gasteiger partial charge in [-0.05, 0) is 49.7 Å². The average Bonchev–Trinajstić information content (AvgIpc) is 2.90. The Balaban J connectivity index is 1.56. The molecule has 1 saturated carbocycles.